The van der Waals surface area contributed by atoms with Crippen LogP contribution in [0.3, 0.4) is 0 Å². The molecule has 7 rings (SSSR count). The van der Waals surface area contributed by atoms with E-state index in [1.54, 1.807) is 12.3 Å². The van der Waals surface area contributed by atoms with E-state index in [-0.39, 0.29) is 23.3 Å². The summed E-state index contributed by atoms with van der Waals surface area (Å²) in [7, 11) is 0. The van der Waals surface area contributed by atoms with Gasteiger partial charge in [-0.2, -0.15) is 0 Å². The predicted octanol–water partition coefficient (Wildman–Crippen LogP) is 4.92. The minimum Gasteiger partial charge on any atom is -0.333 e. The first-order chi connectivity index (χ1) is 20.3. The Morgan fingerprint density at radius 2 is 1.79 bits per heavy atom. The minimum absolute atomic E-state index is 0.0489. The van der Waals surface area contributed by atoms with Crippen LogP contribution in [0.2, 0.25) is 0 Å². The van der Waals surface area contributed by atoms with E-state index in [9.17, 15) is 14.4 Å². The molecule has 1 unspecified atom stereocenters. The first-order valence-electron chi connectivity index (χ1n) is 16.2. The van der Waals surface area contributed by atoms with Crippen molar-refractivity contribution in [2.24, 2.45) is 23.7 Å². The van der Waals surface area contributed by atoms with Crippen LogP contribution in [0.1, 0.15) is 84.1 Å². The lowest BCUT2D eigenvalue weighted by molar-refractivity contribution is -0.119. The molecule has 0 spiro atoms. The number of amides is 3. The number of fused-ring (bicyclic) bond motifs is 5. The lowest BCUT2D eigenvalue weighted by atomic mass is 9.67. The second-order valence-electron chi connectivity index (χ2n) is 13.8. The van der Waals surface area contributed by atoms with E-state index in [0.29, 0.717) is 23.5 Å². The highest BCUT2D eigenvalue weighted by Gasteiger charge is 2.44. The number of carbonyl (C=O) groups excluding carboxylic acids is 2. The number of benzene rings is 1. The van der Waals surface area contributed by atoms with E-state index in [4.69, 9.17) is 0 Å². The molecule has 9 heteroatoms. The molecule has 4 bridgehead atoms. The third kappa shape index (κ3) is 5.14. The second kappa shape index (κ2) is 11.1. The van der Waals surface area contributed by atoms with Crippen LogP contribution in [0.4, 0.5) is 10.6 Å². The van der Waals surface area contributed by atoms with Gasteiger partial charge in [0.25, 0.3) is 5.56 Å². The zero-order valence-electron chi connectivity index (χ0n) is 24.9. The Kier molecular flexibility index (Phi) is 7.32. The van der Waals surface area contributed by atoms with Crippen LogP contribution in [0, 0.1) is 23.7 Å². The van der Waals surface area contributed by atoms with Gasteiger partial charge in [0.05, 0.1) is 11.0 Å². The van der Waals surface area contributed by atoms with Gasteiger partial charge in [0.1, 0.15) is 6.17 Å². The number of rotatable bonds is 5. The summed E-state index contributed by atoms with van der Waals surface area (Å²) in [6, 6.07) is 8.29. The summed E-state index contributed by atoms with van der Waals surface area (Å²) in [6.07, 6.45) is 15.4. The van der Waals surface area contributed by atoms with Crippen molar-refractivity contribution < 1.29 is 9.59 Å². The highest BCUT2D eigenvalue weighted by Crippen LogP contribution is 2.46. The molecule has 4 heterocycles. The van der Waals surface area contributed by atoms with Gasteiger partial charge in [0.15, 0.2) is 0 Å². The van der Waals surface area contributed by atoms with Crippen molar-refractivity contribution in [3.05, 3.63) is 46.9 Å². The zero-order chi connectivity index (χ0) is 29.0. The fourth-order valence-corrected chi connectivity index (χ4v) is 9.15. The molecule has 2 saturated heterocycles. The lowest BCUT2D eigenvalue weighted by Gasteiger charge is -2.54. The van der Waals surface area contributed by atoms with Gasteiger partial charge in [-0.1, -0.05) is 38.3 Å². The number of hydrogen-bond donors (Lipinski definition) is 2. The van der Waals surface area contributed by atoms with E-state index in [1.165, 1.54) is 69.7 Å². The average Bonchev–Trinajstić information content (AvgIpc) is 2.95. The topological polar surface area (TPSA) is 99.6 Å². The highest BCUT2D eigenvalue weighted by molar-refractivity contribution is 5.95. The lowest BCUT2D eigenvalue weighted by Crippen LogP contribution is -2.58. The van der Waals surface area contributed by atoms with Crippen LogP contribution >= 0.6 is 0 Å². The van der Waals surface area contributed by atoms with Gasteiger partial charge in [-0.15, -0.1) is 0 Å². The van der Waals surface area contributed by atoms with Gasteiger partial charge in [-0.3, -0.25) is 14.5 Å². The van der Waals surface area contributed by atoms with Crippen LogP contribution in [0.15, 0.2) is 41.3 Å². The first kappa shape index (κ1) is 27.6. The zero-order valence-corrected chi connectivity index (χ0v) is 24.9. The Hall–Kier alpha value is -3.20. The maximum atomic E-state index is 14.3. The summed E-state index contributed by atoms with van der Waals surface area (Å²) < 4.78 is 1.94. The summed E-state index contributed by atoms with van der Waals surface area (Å²) in [5.41, 5.74) is 1.29. The summed E-state index contributed by atoms with van der Waals surface area (Å²) in [5, 5.41) is 5.41. The van der Waals surface area contributed by atoms with Gasteiger partial charge < -0.3 is 15.2 Å². The molecule has 3 aliphatic heterocycles. The molecular weight excluding hydrogens is 528 g/mol. The van der Waals surface area contributed by atoms with E-state index in [0.717, 1.165) is 36.1 Å². The second-order valence-corrected chi connectivity index (χ2v) is 13.8. The number of anilines is 1. The molecule has 8 atom stereocenters. The normalized spacial score (nSPS) is 34.7. The van der Waals surface area contributed by atoms with Crippen LogP contribution in [0.25, 0.3) is 11.0 Å². The highest BCUT2D eigenvalue weighted by atomic mass is 16.2. The molecule has 4 fully saturated rings. The molecule has 42 heavy (non-hydrogen) atoms. The largest absolute Gasteiger partial charge is 0.333 e. The number of piperidine rings is 2. The number of carbonyl (C=O) groups is 2. The monoisotopic (exact) mass is 572 g/mol. The Labute approximate surface area is 247 Å². The molecule has 3 amide bonds. The number of urea groups is 1. The Morgan fingerprint density at radius 3 is 2.55 bits per heavy atom. The van der Waals surface area contributed by atoms with Gasteiger partial charge in [-0.25, -0.2) is 14.7 Å². The van der Waals surface area contributed by atoms with E-state index < -0.39 is 12.2 Å². The van der Waals surface area contributed by atoms with Crippen molar-refractivity contribution in [2.45, 2.75) is 102 Å². The smallest absolute Gasteiger partial charge is 0.329 e. The summed E-state index contributed by atoms with van der Waals surface area (Å²) >= 11 is 0. The number of nitrogens with one attached hydrogen (secondary N) is 2. The molecule has 1 aromatic heterocycles. The molecular formula is C33H44N6O3. The van der Waals surface area contributed by atoms with Crippen molar-refractivity contribution in [2.75, 3.05) is 11.4 Å². The van der Waals surface area contributed by atoms with Crippen molar-refractivity contribution in [3.8, 4) is 0 Å². The molecule has 0 radical (unpaired) electrons. The third-order valence-corrected chi connectivity index (χ3v) is 10.9. The maximum Gasteiger partial charge on any atom is 0.329 e. The van der Waals surface area contributed by atoms with Crippen LogP contribution in [-0.4, -0.2) is 51.2 Å². The Bertz CT molecular complexity index is 1440. The van der Waals surface area contributed by atoms with Crippen molar-refractivity contribution >= 4 is 28.8 Å². The van der Waals surface area contributed by atoms with Crippen molar-refractivity contribution in [3.63, 3.8) is 0 Å². The molecule has 2 aliphatic carbocycles. The van der Waals surface area contributed by atoms with E-state index in [2.05, 4.69) is 27.4 Å². The minimum atomic E-state index is -0.622. The Morgan fingerprint density at radius 1 is 1.00 bits per heavy atom. The van der Waals surface area contributed by atoms with Crippen molar-refractivity contribution in [1.82, 2.24) is 25.1 Å². The first-order valence-corrected chi connectivity index (χ1v) is 16.2. The summed E-state index contributed by atoms with van der Waals surface area (Å²) in [6.45, 7) is 5.02. The molecule has 9 nitrogen and oxygen atoms in total. The van der Waals surface area contributed by atoms with Gasteiger partial charge in [0, 0.05) is 37.8 Å². The van der Waals surface area contributed by atoms with Gasteiger partial charge in [-0.05, 0) is 86.8 Å². The van der Waals surface area contributed by atoms with Crippen molar-refractivity contribution in [1.29, 1.82) is 0 Å². The SMILES string of the molecule is CC(=O)NC1C=CN(c2nc3ccccc3n([C@H]3C[C@H]4CC[C@H](C)[C@@H](C3)N4C[C@H]3C[C@@H]4CCC[C@@H](C4)C3)c2=O)C(=O)N1. The third-order valence-electron chi connectivity index (χ3n) is 10.9. The fraction of sp³-hybridized carbons (Fsp3) is 0.636. The summed E-state index contributed by atoms with van der Waals surface area (Å²) in [5.74, 6) is 3.12. The quantitative estimate of drug-likeness (QED) is 0.530. The van der Waals surface area contributed by atoms with E-state index in [1.807, 2.05) is 28.8 Å². The number of aromatic nitrogens is 2. The molecule has 2 N–H and O–H groups in total. The average molecular weight is 573 g/mol. The number of nitrogens with zero attached hydrogens (tertiary/aromatic N) is 4. The Balaban J connectivity index is 1.19. The van der Waals surface area contributed by atoms with Crippen LogP contribution in [0.5, 0.6) is 0 Å². The molecule has 5 aliphatic rings. The van der Waals surface area contributed by atoms with Gasteiger partial charge in [0.2, 0.25) is 11.7 Å². The fourth-order valence-electron chi connectivity index (χ4n) is 9.15. The summed E-state index contributed by atoms with van der Waals surface area (Å²) in [4.78, 5) is 47.7. The standard InChI is InChI=1S/C33H44N6O3/c1-20-10-11-25-17-26(18-29(20)38(25)19-24-15-22-6-5-7-23(14-22)16-24)39-28-9-4-3-8-27(28)35-31(32(39)41)37-13-12-30(34-21(2)40)36-33(37)42/h3-4,8-9,12-13,20,22-26,29-30H,5-7,10-11,14-19H2,1-2H3,(H,34,40)(H,36,42)/t20-,22-,23+,24+,25+,26-,29+,30?/m0/s1. The number of para-hydroxylation sites is 2. The molecule has 2 saturated carbocycles. The van der Waals surface area contributed by atoms with Crippen LogP contribution in [-0.2, 0) is 4.79 Å². The van der Waals surface area contributed by atoms with Crippen LogP contribution < -0.4 is 21.1 Å². The maximum absolute atomic E-state index is 14.3. The predicted molar refractivity (Wildman–Crippen MR) is 163 cm³/mol. The molecule has 2 aromatic rings. The molecule has 224 valence electrons. The van der Waals surface area contributed by atoms with E-state index >= 15 is 0 Å². The van der Waals surface area contributed by atoms with Gasteiger partial charge >= 0.3 is 6.03 Å². The number of hydrogen-bond acceptors (Lipinski definition) is 5. The molecule has 1 aromatic carbocycles.